The molecule has 0 aliphatic rings. The van der Waals surface area contributed by atoms with Crippen molar-refractivity contribution in [2.45, 2.75) is 0 Å². The molecule has 10 heteroatoms. The predicted molar refractivity (Wildman–Crippen MR) is 60.7 cm³/mol. The number of carbonyl (C=O) groups is 1. The van der Waals surface area contributed by atoms with Crippen LogP contribution in [0.15, 0.2) is 24.5 Å². The van der Waals surface area contributed by atoms with E-state index in [1.165, 1.54) is 12.4 Å². The maximum absolute atomic E-state index is 10.7. The monoisotopic (exact) mass is 323 g/mol. The van der Waals surface area contributed by atoms with E-state index in [0.29, 0.717) is 5.56 Å². The molecule has 0 bridgehead atoms. The molecule has 0 spiro atoms. The topological polar surface area (TPSA) is 187 Å². The first-order valence-electron chi connectivity index (χ1n) is 3.87. The summed E-state index contributed by atoms with van der Waals surface area (Å²) >= 11 is 0. The number of carbonyl (C=O) groups excluding carboxylic acids is 1. The van der Waals surface area contributed by atoms with Crippen LogP contribution in [0.3, 0.4) is 0 Å². The Bertz CT molecular complexity index is 375. The Morgan fingerprint density at radius 2 is 1.19 bits per heavy atom. The van der Waals surface area contributed by atoms with Crippen molar-refractivity contribution in [3.05, 3.63) is 63.0 Å². The molecule has 0 aliphatic heterocycles. The number of nitrogens with zero attached hydrogens (tertiary/aromatic N) is 6. The van der Waals surface area contributed by atoms with Crippen LogP contribution in [0.4, 0.5) is 0 Å². The van der Waals surface area contributed by atoms with Crippen LogP contribution in [0.1, 0.15) is 10.4 Å². The molecule has 9 nitrogen and oxygen atoms in total. The van der Waals surface area contributed by atoms with Crippen LogP contribution in [-0.2, 0) is 17.1 Å². The first-order chi connectivity index (χ1) is 9.84. The van der Waals surface area contributed by atoms with Gasteiger partial charge in [0.1, 0.15) is 0 Å². The molecule has 3 N–H and O–H groups in total. The number of rotatable bonds is 1. The smallest absolute Gasteiger partial charge is 0.512 e. The predicted octanol–water partition coefficient (Wildman–Crippen LogP) is 0.164. The summed E-state index contributed by atoms with van der Waals surface area (Å²) in [5, 5.41) is 31.2. The average molecular weight is 323 g/mol. The van der Waals surface area contributed by atoms with Gasteiger partial charge in [0.15, 0.2) is 0 Å². The molecule has 1 aromatic rings. The fourth-order valence-corrected chi connectivity index (χ4v) is 0.587. The van der Waals surface area contributed by atoms with Gasteiger partial charge in [0, 0.05) is 18.0 Å². The van der Waals surface area contributed by atoms with Gasteiger partial charge < -0.3 is 59.2 Å². The van der Waals surface area contributed by atoms with Gasteiger partial charge in [-0.05, 0) is 12.1 Å². The first-order valence-corrected chi connectivity index (χ1v) is 3.87. The second-order valence-electron chi connectivity index (χ2n) is 1.71. The molecule has 0 unspecified atom stereocenters. The SMILES string of the molecule is NNC(=O)c1ccncc1.[C-]#N.[C-]#N.[C-]#N.[C-]#N.[C-]#N.[Fe+2]. The van der Waals surface area contributed by atoms with Crippen molar-refractivity contribution >= 4 is 5.91 Å². The number of aromatic nitrogens is 1. The van der Waals surface area contributed by atoms with Gasteiger partial charge in [0.25, 0.3) is 5.91 Å². The summed E-state index contributed by atoms with van der Waals surface area (Å²) in [6.07, 6.45) is 3.06. The summed E-state index contributed by atoms with van der Waals surface area (Å²) < 4.78 is 0. The molecule has 0 fully saturated rings. The van der Waals surface area contributed by atoms with Crippen LogP contribution in [0.5, 0.6) is 0 Å². The molecule has 0 aliphatic carbocycles. The van der Waals surface area contributed by atoms with Crippen LogP contribution in [0.25, 0.3) is 0 Å². The number of nitrogens with one attached hydrogen (secondary N) is 1. The molecular formula is C11H7FeN8O-3. The molecule has 0 aromatic carbocycles. The van der Waals surface area contributed by atoms with E-state index in [9.17, 15) is 4.79 Å². The normalized spacial score (nSPS) is 4.71. The maximum atomic E-state index is 10.7. The number of pyridine rings is 1. The summed E-state index contributed by atoms with van der Waals surface area (Å²) in [6, 6.07) is 3.17. The largest absolute Gasteiger partial charge is 2.00 e. The number of hydrogen-bond donors (Lipinski definition) is 2. The van der Waals surface area contributed by atoms with Crippen LogP contribution >= 0.6 is 0 Å². The third-order valence-electron chi connectivity index (χ3n) is 1.07. The second kappa shape index (κ2) is 54.7. The van der Waals surface area contributed by atoms with E-state index in [2.05, 4.69) is 4.98 Å². The summed E-state index contributed by atoms with van der Waals surface area (Å²) in [5.74, 6) is 4.58. The molecule has 0 saturated carbocycles. The maximum Gasteiger partial charge on any atom is 2.00 e. The van der Waals surface area contributed by atoms with Gasteiger partial charge in [-0.1, -0.05) is 0 Å². The molecule has 1 heterocycles. The van der Waals surface area contributed by atoms with Crippen molar-refractivity contribution in [1.82, 2.24) is 10.4 Å². The number of amides is 1. The van der Waals surface area contributed by atoms with Gasteiger partial charge in [-0.3, -0.25) is 15.2 Å². The standard InChI is InChI=1S/C6H7N3O.5CN.Fe/c7-9-6(10)5-1-3-8-4-2-5;5*1-2;/h1-4H,7H2,(H,9,10);;;;;;/q;5*-1;+2. The van der Waals surface area contributed by atoms with Crippen molar-refractivity contribution in [2.24, 2.45) is 5.84 Å². The summed E-state index contributed by atoms with van der Waals surface area (Å²) in [7, 11) is 0. The van der Waals surface area contributed by atoms with E-state index < -0.39 is 0 Å². The third kappa shape index (κ3) is 31.5. The zero-order valence-electron chi connectivity index (χ0n) is 10.3. The summed E-state index contributed by atoms with van der Waals surface area (Å²) in [5.41, 5.74) is 2.53. The van der Waals surface area contributed by atoms with E-state index in [1.54, 1.807) is 12.1 Å². The summed E-state index contributed by atoms with van der Waals surface area (Å²) in [6.45, 7) is 23.8. The Morgan fingerprint density at radius 3 is 1.43 bits per heavy atom. The Labute approximate surface area is 133 Å². The third-order valence-corrected chi connectivity index (χ3v) is 1.07. The Hall–Kier alpha value is -3.45. The van der Waals surface area contributed by atoms with Gasteiger partial charge >= 0.3 is 17.1 Å². The van der Waals surface area contributed by atoms with E-state index >= 15 is 0 Å². The molecule has 1 aromatic heterocycles. The molecule has 108 valence electrons. The summed E-state index contributed by atoms with van der Waals surface area (Å²) in [4.78, 5) is 14.5. The van der Waals surface area contributed by atoms with E-state index in [0.717, 1.165) is 0 Å². The quantitative estimate of drug-likeness (QED) is 0.240. The van der Waals surface area contributed by atoms with Gasteiger partial charge in [-0.15, -0.1) is 0 Å². The molecule has 1 amide bonds. The minimum absolute atomic E-state index is 0. The van der Waals surface area contributed by atoms with Gasteiger partial charge in [0.2, 0.25) is 0 Å². The van der Waals surface area contributed by atoms with E-state index in [-0.39, 0.29) is 23.0 Å². The van der Waals surface area contributed by atoms with Crippen LogP contribution in [-0.4, -0.2) is 10.9 Å². The van der Waals surface area contributed by atoms with Crippen molar-refractivity contribution in [1.29, 1.82) is 26.3 Å². The van der Waals surface area contributed by atoms with Crippen molar-refractivity contribution in [3.63, 3.8) is 0 Å². The minimum atomic E-state index is -0.303. The van der Waals surface area contributed by atoms with E-state index in [4.69, 9.17) is 65.0 Å². The number of hydrogen-bond acceptors (Lipinski definition) is 8. The second-order valence-corrected chi connectivity index (χ2v) is 1.71. The molecule has 0 atom stereocenters. The molecule has 21 heavy (non-hydrogen) atoms. The number of nitrogen functional groups attached to an aromatic ring is 1. The van der Waals surface area contributed by atoms with Crippen LogP contribution in [0.2, 0.25) is 0 Å². The molecule has 0 radical (unpaired) electrons. The van der Waals surface area contributed by atoms with Crippen molar-refractivity contribution in [3.8, 4) is 0 Å². The zero-order valence-corrected chi connectivity index (χ0v) is 11.4. The number of hydrazine groups is 1. The van der Waals surface area contributed by atoms with Gasteiger partial charge in [-0.25, -0.2) is 5.84 Å². The molecule has 0 saturated heterocycles. The van der Waals surface area contributed by atoms with Gasteiger partial charge in [0.05, 0.1) is 0 Å². The average Bonchev–Trinajstić information content (AvgIpc) is 2.63. The molecular weight excluding hydrogens is 316 g/mol. The zero-order chi connectivity index (χ0) is 17.4. The van der Waals surface area contributed by atoms with Crippen molar-refractivity contribution in [2.75, 3.05) is 0 Å². The fraction of sp³-hybridized carbons (Fsp3) is 0. The first kappa shape index (κ1) is 36.0. The Kier molecular flexibility index (Phi) is 93.9. The fourth-order valence-electron chi connectivity index (χ4n) is 0.587. The molecule has 1 rings (SSSR count). The van der Waals surface area contributed by atoms with Crippen LogP contribution < -0.4 is 11.3 Å². The van der Waals surface area contributed by atoms with Crippen molar-refractivity contribution < 1.29 is 21.9 Å². The Morgan fingerprint density at radius 1 is 0.905 bits per heavy atom. The minimum Gasteiger partial charge on any atom is -0.512 e. The number of nitrogens with two attached hydrogens (primary N) is 1. The van der Waals surface area contributed by atoms with E-state index in [1.807, 2.05) is 5.43 Å². The Balaban J connectivity index is -0.0000000440. The van der Waals surface area contributed by atoms with Crippen LogP contribution in [0, 0.1) is 59.2 Å². The van der Waals surface area contributed by atoms with Gasteiger partial charge in [-0.2, -0.15) is 0 Å².